The number of methoxy groups -OCH3 is 1. The first-order valence-corrected chi connectivity index (χ1v) is 7.82. The highest BCUT2D eigenvalue weighted by molar-refractivity contribution is 5.75. The van der Waals surface area contributed by atoms with Crippen LogP contribution in [0.25, 0.3) is 6.08 Å². The van der Waals surface area contributed by atoms with Gasteiger partial charge in [0.25, 0.3) is 0 Å². The van der Waals surface area contributed by atoms with Gasteiger partial charge in [-0.15, -0.1) is 0 Å². The second kappa shape index (κ2) is 6.07. The molecule has 0 bridgehead atoms. The van der Waals surface area contributed by atoms with Gasteiger partial charge in [-0.25, -0.2) is 4.39 Å². The van der Waals surface area contributed by atoms with Crippen molar-refractivity contribution in [3.63, 3.8) is 0 Å². The van der Waals surface area contributed by atoms with Crippen LogP contribution in [-0.4, -0.2) is 13.2 Å². The summed E-state index contributed by atoms with van der Waals surface area (Å²) in [7, 11) is 1.65. The Morgan fingerprint density at radius 1 is 1.04 bits per heavy atom. The minimum absolute atomic E-state index is 0.0639. The largest absolute Gasteiger partial charge is 0.493 e. The molecule has 3 heteroatoms. The Kier molecular flexibility index (Phi) is 4.12. The minimum atomic E-state index is -0.216. The lowest BCUT2D eigenvalue weighted by Crippen LogP contribution is -2.09. The fourth-order valence-electron chi connectivity index (χ4n) is 3.17. The van der Waals surface area contributed by atoms with E-state index in [4.69, 9.17) is 9.47 Å². The van der Waals surface area contributed by atoms with E-state index in [-0.39, 0.29) is 17.8 Å². The van der Waals surface area contributed by atoms with E-state index in [0.29, 0.717) is 0 Å². The zero-order valence-corrected chi connectivity index (χ0v) is 13.9. The number of fused-ring (bicyclic) bond motifs is 1. The summed E-state index contributed by atoms with van der Waals surface area (Å²) in [6.07, 6.45) is 2.21. The third-order valence-electron chi connectivity index (χ3n) is 4.11. The average Bonchev–Trinajstić information content (AvgIpc) is 2.85. The summed E-state index contributed by atoms with van der Waals surface area (Å²) in [5.41, 5.74) is 4.53. The molecule has 2 aromatic carbocycles. The fraction of sp³-hybridized carbons (Fsp3) is 0.300. The molecule has 23 heavy (non-hydrogen) atoms. The van der Waals surface area contributed by atoms with Gasteiger partial charge in [-0.2, -0.15) is 0 Å². The minimum Gasteiger partial charge on any atom is -0.493 e. The molecule has 0 saturated carbocycles. The summed E-state index contributed by atoms with van der Waals surface area (Å²) in [6.45, 7) is 6.10. The van der Waals surface area contributed by atoms with Gasteiger partial charge in [-0.3, -0.25) is 0 Å². The van der Waals surface area contributed by atoms with Gasteiger partial charge in [-0.05, 0) is 50.1 Å². The van der Waals surface area contributed by atoms with E-state index in [1.165, 1.54) is 23.3 Å². The molecule has 0 aliphatic heterocycles. The molecule has 0 N–H and O–H groups in total. The molecule has 0 fully saturated rings. The van der Waals surface area contributed by atoms with Crippen molar-refractivity contribution in [2.75, 3.05) is 7.11 Å². The van der Waals surface area contributed by atoms with Crippen LogP contribution in [0.3, 0.4) is 0 Å². The topological polar surface area (TPSA) is 18.5 Å². The summed E-state index contributed by atoms with van der Waals surface area (Å²) in [5, 5.41) is 0. The van der Waals surface area contributed by atoms with E-state index in [9.17, 15) is 4.39 Å². The van der Waals surface area contributed by atoms with Gasteiger partial charge >= 0.3 is 0 Å². The van der Waals surface area contributed by atoms with Gasteiger partial charge in [0, 0.05) is 11.5 Å². The maximum atomic E-state index is 13.2. The number of hydrogen-bond donors (Lipinski definition) is 0. The number of hydrogen-bond acceptors (Lipinski definition) is 2. The third kappa shape index (κ3) is 2.83. The highest BCUT2D eigenvalue weighted by atomic mass is 19.1. The summed E-state index contributed by atoms with van der Waals surface area (Å²) in [4.78, 5) is 0. The third-order valence-corrected chi connectivity index (χ3v) is 4.11. The molecule has 0 spiro atoms. The second-order valence-electron chi connectivity index (χ2n) is 6.14. The van der Waals surface area contributed by atoms with Crippen molar-refractivity contribution in [1.29, 1.82) is 0 Å². The van der Waals surface area contributed by atoms with Crippen LogP contribution in [0, 0.1) is 5.82 Å². The summed E-state index contributed by atoms with van der Waals surface area (Å²) < 4.78 is 24.7. The van der Waals surface area contributed by atoms with E-state index in [2.05, 4.69) is 19.1 Å². The molecular weight excluding hydrogens is 291 g/mol. The molecular formula is C20H21FO2. The lowest BCUT2D eigenvalue weighted by atomic mass is 9.89. The lowest BCUT2D eigenvalue weighted by molar-refractivity contribution is 0.229. The van der Waals surface area contributed by atoms with Crippen molar-refractivity contribution in [3.05, 3.63) is 64.5 Å². The van der Waals surface area contributed by atoms with E-state index in [0.717, 1.165) is 22.6 Å². The van der Waals surface area contributed by atoms with Crippen molar-refractivity contribution in [3.8, 4) is 11.5 Å². The Hall–Kier alpha value is -2.29. The monoisotopic (exact) mass is 312 g/mol. The van der Waals surface area contributed by atoms with Crippen LogP contribution in [0.5, 0.6) is 11.5 Å². The Labute approximate surface area is 136 Å². The Balaban J connectivity index is 2.11. The molecule has 0 aromatic heterocycles. The van der Waals surface area contributed by atoms with Crippen LogP contribution in [0.1, 0.15) is 43.4 Å². The maximum Gasteiger partial charge on any atom is 0.169 e. The van der Waals surface area contributed by atoms with Gasteiger partial charge in [-0.1, -0.05) is 29.8 Å². The molecule has 0 amide bonds. The second-order valence-corrected chi connectivity index (χ2v) is 6.14. The molecule has 0 heterocycles. The highest BCUT2D eigenvalue weighted by Crippen LogP contribution is 2.47. The van der Waals surface area contributed by atoms with Crippen LogP contribution >= 0.6 is 0 Å². The van der Waals surface area contributed by atoms with Crippen molar-refractivity contribution in [1.82, 2.24) is 0 Å². The predicted octanol–water partition coefficient (Wildman–Crippen LogP) is 5.17. The van der Waals surface area contributed by atoms with E-state index < -0.39 is 0 Å². The molecule has 1 unspecified atom stereocenters. The van der Waals surface area contributed by atoms with Crippen LogP contribution < -0.4 is 9.47 Å². The molecule has 0 radical (unpaired) electrons. The number of halogens is 1. The van der Waals surface area contributed by atoms with Crippen LogP contribution in [0.15, 0.2) is 42.0 Å². The molecule has 2 aromatic rings. The molecule has 3 rings (SSSR count). The first-order valence-electron chi connectivity index (χ1n) is 7.82. The molecule has 120 valence electrons. The Morgan fingerprint density at radius 2 is 1.74 bits per heavy atom. The first kappa shape index (κ1) is 15.6. The molecule has 0 saturated heterocycles. The van der Waals surface area contributed by atoms with Crippen molar-refractivity contribution in [2.24, 2.45) is 0 Å². The van der Waals surface area contributed by atoms with E-state index in [1.807, 2.05) is 32.0 Å². The molecule has 1 aliphatic rings. The normalized spacial score (nSPS) is 16.3. The summed E-state index contributed by atoms with van der Waals surface area (Å²) in [5.74, 6) is 1.43. The van der Waals surface area contributed by atoms with Crippen LogP contribution in [0.2, 0.25) is 0 Å². The first-order chi connectivity index (χ1) is 11.0. The van der Waals surface area contributed by atoms with Crippen molar-refractivity contribution < 1.29 is 13.9 Å². The summed E-state index contributed by atoms with van der Waals surface area (Å²) >= 11 is 0. The quantitative estimate of drug-likeness (QED) is 0.775. The van der Waals surface area contributed by atoms with E-state index >= 15 is 0 Å². The fourth-order valence-corrected chi connectivity index (χ4v) is 3.17. The van der Waals surface area contributed by atoms with Crippen LogP contribution in [-0.2, 0) is 0 Å². The highest BCUT2D eigenvalue weighted by Gasteiger charge is 2.28. The van der Waals surface area contributed by atoms with Crippen LogP contribution in [0.4, 0.5) is 4.39 Å². The van der Waals surface area contributed by atoms with Crippen molar-refractivity contribution in [2.45, 2.75) is 32.8 Å². The Bertz CT molecular complexity index is 745. The zero-order chi connectivity index (χ0) is 16.6. The number of benzene rings is 2. The lowest BCUT2D eigenvalue weighted by Gasteiger charge is -2.19. The van der Waals surface area contributed by atoms with Gasteiger partial charge in [0.1, 0.15) is 5.82 Å². The molecule has 1 aliphatic carbocycles. The number of allylic oxidation sites excluding steroid dienone is 1. The van der Waals surface area contributed by atoms with E-state index in [1.54, 1.807) is 7.11 Å². The average molecular weight is 312 g/mol. The van der Waals surface area contributed by atoms with Gasteiger partial charge < -0.3 is 9.47 Å². The van der Waals surface area contributed by atoms with Gasteiger partial charge in [0.2, 0.25) is 0 Å². The smallest absolute Gasteiger partial charge is 0.169 e. The summed E-state index contributed by atoms with van der Waals surface area (Å²) in [6, 6.07) is 10.7. The SMILES string of the molecule is COc1ccc2c(c1OC(C)C)C=C(C)C2c1ccc(F)cc1. The predicted molar refractivity (Wildman–Crippen MR) is 90.7 cm³/mol. The number of ether oxygens (including phenoxy) is 2. The number of rotatable bonds is 4. The zero-order valence-electron chi connectivity index (χ0n) is 13.9. The maximum absolute atomic E-state index is 13.2. The van der Waals surface area contributed by atoms with Gasteiger partial charge in [0.15, 0.2) is 11.5 Å². The standard InChI is InChI=1S/C20H21FO2/c1-12(2)23-20-17-11-13(3)19(14-5-7-15(21)8-6-14)16(17)9-10-18(20)22-4/h5-12,19H,1-4H3. The van der Waals surface area contributed by atoms with Gasteiger partial charge in [0.05, 0.1) is 13.2 Å². The Morgan fingerprint density at radius 3 is 2.35 bits per heavy atom. The molecule has 1 atom stereocenters. The molecule has 2 nitrogen and oxygen atoms in total. The van der Waals surface area contributed by atoms with Crippen molar-refractivity contribution >= 4 is 6.08 Å².